The van der Waals surface area contributed by atoms with Gasteiger partial charge >= 0.3 is 0 Å². The van der Waals surface area contributed by atoms with E-state index in [4.69, 9.17) is 4.74 Å². The molecule has 2 N–H and O–H groups in total. The van der Waals surface area contributed by atoms with E-state index in [0.29, 0.717) is 5.92 Å². The van der Waals surface area contributed by atoms with Crippen LogP contribution in [0.3, 0.4) is 0 Å². The van der Waals surface area contributed by atoms with Crippen molar-refractivity contribution in [3.05, 3.63) is 0 Å². The Kier molecular flexibility index (Phi) is 11.9. The van der Waals surface area contributed by atoms with Crippen molar-refractivity contribution in [1.82, 2.24) is 15.5 Å². The largest absolute Gasteiger partial charge is 0.381 e. The molecule has 142 valence electrons. The standard InChI is InChI=1S/C19H40N4O/c1-17(2)16-24-15-7-11-22-19(20-4)21-10-5-6-12-23-13-8-18(3)9-14-23/h17-18H,5-16H2,1-4H3,(H2,20,21,22). The molecule has 1 fully saturated rings. The second kappa shape index (κ2) is 13.5. The number of likely N-dealkylation sites (tertiary alicyclic amines) is 1. The van der Waals surface area contributed by atoms with Gasteiger partial charge in [0.1, 0.15) is 0 Å². The van der Waals surface area contributed by atoms with E-state index in [0.717, 1.165) is 44.6 Å². The van der Waals surface area contributed by atoms with Crippen LogP contribution in [0.5, 0.6) is 0 Å². The predicted molar refractivity (Wildman–Crippen MR) is 104 cm³/mol. The van der Waals surface area contributed by atoms with Gasteiger partial charge < -0.3 is 20.3 Å². The van der Waals surface area contributed by atoms with Crippen LogP contribution in [0.1, 0.15) is 52.9 Å². The van der Waals surface area contributed by atoms with E-state index < -0.39 is 0 Å². The maximum absolute atomic E-state index is 5.58. The minimum Gasteiger partial charge on any atom is -0.381 e. The molecule has 0 amide bonds. The highest BCUT2D eigenvalue weighted by Crippen LogP contribution is 2.15. The molecule has 1 saturated heterocycles. The van der Waals surface area contributed by atoms with Gasteiger partial charge in [0.05, 0.1) is 0 Å². The number of hydrogen-bond acceptors (Lipinski definition) is 3. The monoisotopic (exact) mass is 340 g/mol. The fraction of sp³-hybridized carbons (Fsp3) is 0.947. The lowest BCUT2D eigenvalue weighted by atomic mass is 9.99. The first-order chi connectivity index (χ1) is 11.6. The van der Waals surface area contributed by atoms with E-state index in [1.165, 1.54) is 45.3 Å². The summed E-state index contributed by atoms with van der Waals surface area (Å²) in [7, 11) is 1.83. The van der Waals surface area contributed by atoms with Crippen LogP contribution in [0, 0.1) is 11.8 Å². The van der Waals surface area contributed by atoms with Crippen molar-refractivity contribution in [2.45, 2.75) is 52.9 Å². The van der Waals surface area contributed by atoms with Crippen molar-refractivity contribution in [3.63, 3.8) is 0 Å². The third kappa shape index (κ3) is 10.9. The second-order valence-corrected chi connectivity index (χ2v) is 7.48. The summed E-state index contributed by atoms with van der Waals surface area (Å²) >= 11 is 0. The van der Waals surface area contributed by atoms with Gasteiger partial charge in [-0.1, -0.05) is 20.8 Å². The molecule has 0 radical (unpaired) electrons. The normalized spacial score (nSPS) is 17.5. The Balaban J connectivity index is 1.94. The summed E-state index contributed by atoms with van der Waals surface area (Å²) in [5, 5.41) is 6.75. The first-order valence-corrected chi connectivity index (χ1v) is 9.86. The van der Waals surface area contributed by atoms with E-state index in [9.17, 15) is 0 Å². The van der Waals surface area contributed by atoms with Gasteiger partial charge in [0.2, 0.25) is 0 Å². The highest BCUT2D eigenvalue weighted by Gasteiger charge is 2.14. The van der Waals surface area contributed by atoms with Crippen molar-refractivity contribution in [3.8, 4) is 0 Å². The summed E-state index contributed by atoms with van der Waals surface area (Å²) in [5.41, 5.74) is 0. The number of nitrogens with zero attached hydrogens (tertiary/aromatic N) is 2. The Hall–Kier alpha value is -0.810. The molecule has 0 atom stereocenters. The van der Waals surface area contributed by atoms with Crippen LogP contribution in [-0.4, -0.2) is 63.8 Å². The summed E-state index contributed by atoms with van der Waals surface area (Å²) in [6.07, 6.45) is 6.22. The van der Waals surface area contributed by atoms with Crippen LogP contribution < -0.4 is 10.6 Å². The van der Waals surface area contributed by atoms with Crippen LogP contribution in [-0.2, 0) is 4.74 Å². The van der Waals surface area contributed by atoms with Gasteiger partial charge in [-0.3, -0.25) is 4.99 Å². The van der Waals surface area contributed by atoms with Crippen molar-refractivity contribution < 1.29 is 4.74 Å². The SMILES string of the molecule is CN=C(NCCCCN1CCC(C)CC1)NCCCOCC(C)C. The fourth-order valence-electron chi connectivity index (χ4n) is 2.87. The molecule has 1 rings (SSSR count). The topological polar surface area (TPSA) is 48.9 Å². The zero-order chi connectivity index (χ0) is 17.6. The van der Waals surface area contributed by atoms with Gasteiger partial charge in [-0.15, -0.1) is 0 Å². The van der Waals surface area contributed by atoms with Gasteiger partial charge in [0.15, 0.2) is 5.96 Å². The molecular weight excluding hydrogens is 300 g/mol. The molecule has 0 aliphatic carbocycles. The van der Waals surface area contributed by atoms with Gasteiger partial charge in [-0.25, -0.2) is 0 Å². The number of guanidine groups is 1. The Labute approximate surface area is 149 Å². The molecule has 0 bridgehead atoms. The van der Waals surface area contributed by atoms with Crippen molar-refractivity contribution in [2.24, 2.45) is 16.8 Å². The first-order valence-electron chi connectivity index (χ1n) is 9.86. The summed E-state index contributed by atoms with van der Waals surface area (Å²) in [6.45, 7) is 14.1. The minimum atomic E-state index is 0.612. The maximum atomic E-state index is 5.58. The molecule has 1 aliphatic heterocycles. The van der Waals surface area contributed by atoms with E-state index in [-0.39, 0.29) is 0 Å². The average molecular weight is 341 g/mol. The molecule has 0 aromatic carbocycles. The molecule has 1 heterocycles. The number of hydrogen-bond donors (Lipinski definition) is 2. The number of ether oxygens (including phenoxy) is 1. The summed E-state index contributed by atoms with van der Waals surface area (Å²) in [6, 6.07) is 0. The quantitative estimate of drug-likeness (QED) is 0.345. The molecule has 0 unspecified atom stereocenters. The van der Waals surface area contributed by atoms with Gasteiger partial charge in [0.25, 0.3) is 0 Å². The van der Waals surface area contributed by atoms with Crippen LogP contribution in [0.25, 0.3) is 0 Å². The first kappa shape index (κ1) is 21.2. The number of rotatable bonds is 11. The Morgan fingerprint density at radius 2 is 1.79 bits per heavy atom. The van der Waals surface area contributed by atoms with Crippen molar-refractivity contribution in [1.29, 1.82) is 0 Å². The lowest BCUT2D eigenvalue weighted by Gasteiger charge is -2.30. The van der Waals surface area contributed by atoms with Crippen molar-refractivity contribution >= 4 is 5.96 Å². The average Bonchev–Trinajstić information content (AvgIpc) is 2.57. The van der Waals surface area contributed by atoms with Crippen molar-refractivity contribution in [2.75, 3.05) is 53.0 Å². The highest BCUT2D eigenvalue weighted by atomic mass is 16.5. The fourth-order valence-corrected chi connectivity index (χ4v) is 2.87. The molecule has 5 heteroatoms. The minimum absolute atomic E-state index is 0.612. The summed E-state index contributed by atoms with van der Waals surface area (Å²) in [4.78, 5) is 6.89. The Bertz CT molecular complexity index is 325. The smallest absolute Gasteiger partial charge is 0.190 e. The maximum Gasteiger partial charge on any atom is 0.190 e. The van der Waals surface area contributed by atoms with Gasteiger partial charge in [0, 0.05) is 33.4 Å². The highest BCUT2D eigenvalue weighted by molar-refractivity contribution is 5.79. The Morgan fingerprint density at radius 3 is 2.42 bits per heavy atom. The molecule has 5 nitrogen and oxygen atoms in total. The molecule has 0 saturated carbocycles. The third-order valence-corrected chi connectivity index (χ3v) is 4.50. The number of unbranched alkanes of at least 4 members (excludes halogenated alkanes) is 1. The number of nitrogens with one attached hydrogen (secondary N) is 2. The lowest BCUT2D eigenvalue weighted by molar-refractivity contribution is 0.108. The van der Waals surface area contributed by atoms with E-state index in [2.05, 4.69) is 41.3 Å². The van der Waals surface area contributed by atoms with Gasteiger partial charge in [-0.05, 0) is 63.6 Å². The van der Waals surface area contributed by atoms with Crippen LogP contribution in [0.2, 0.25) is 0 Å². The van der Waals surface area contributed by atoms with E-state index in [1.807, 2.05) is 7.05 Å². The molecule has 1 aliphatic rings. The Morgan fingerprint density at radius 1 is 1.12 bits per heavy atom. The lowest BCUT2D eigenvalue weighted by Crippen LogP contribution is -2.39. The zero-order valence-electron chi connectivity index (χ0n) is 16.4. The number of piperidine rings is 1. The van der Waals surface area contributed by atoms with E-state index in [1.54, 1.807) is 0 Å². The summed E-state index contributed by atoms with van der Waals surface area (Å²) in [5.74, 6) is 2.44. The number of aliphatic imine (C=N–C) groups is 1. The molecule has 0 aromatic rings. The van der Waals surface area contributed by atoms with E-state index >= 15 is 0 Å². The summed E-state index contributed by atoms with van der Waals surface area (Å²) < 4.78 is 5.58. The van der Waals surface area contributed by atoms with Gasteiger partial charge in [-0.2, -0.15) is 0 Å². The molecule has 0 spiro atoms. The van der Waals surface area contributed by atoms with Crippen LogP contribution >= 0.6 is 0 Å². The third-order valence-electron chi connectivity index (χ3n) is 4.50. The van der Waals surface area contributed by atoms with Crippen LogP contribution in [0.4, 0.5) is 0 Å². The predicted octanol–water partition coefficient (Wildman–Crippen LogP) is 2.73. The zero-order valence-corrected chi connectivity index (χ0v) is 16.4. The molecule has 0 aromatic heterocycles. The molecule has 24 heavy (non-hydrogen) atoms. The van der Waals surface area contributed by atoms with Crippen LogP contribution in [0.15, 0.2) is 4.99 Å². The second-order valence-electron chi connectivity index (χ2n) is 7.48. The molecular formula is C19H40N4O.